The number of amides is 2. The van der Waals surface area contributed by atoms with Gasteiger partial charge < -0.3 is 15.3 Å². The average Bonchev–Trinajstić information content (AvgIpc) is 2.55. The quantitative estimate of drug-likeness (QED) is 0.874. The zero-order valence-corrected chi connectivity index (χ0v) is 13.6. The molecule has 1 aliphatic heterocycles. The minimum atomic E-state index is -0.0217. The second-order valence-electron chi connectivity index (χ2n) is 5.68. The minimum Gasteiger partial charge on any atom is -0.395 e. The molecule has 0 aliphatic carbocycles. The summed E-state index contributed by atoms with van der Waals surface area (Å²) in [6.45, 7) is 8.15. The van der Waals surface area contributed by atoms with Crippen LogP contribution in [0.1, 0.15) is 25.0 Å². The van der Waals surface area contributed by atoms with Gasteiger partial charge in [0.2, 0.25) is 0 Å². The number of benzene rings is 1. The molecule has 22 heavy (non-hydrogen) atoms. The molecule has 1 aliphatic rings. The SMILES string of the molecule is CCc1ccc(CC)c(NC(=O)N2CCN(CCO)CC2)c1. The molecule has 1 saturated heterocycles. The molecule has 1 fully saturated rings. The largest absolute Gasteiger partial charge is 0.395 e. The van der Waals surface area contributed by atoms with E-state index < -0.39 is 0 Å². The minimum absolute atomic E-state index is 0.0217. The second kappa shape index (κ2) is 8.15. The molecular weight excluding hydrogens is 278 g/mol. The van der Waals surface area contributed by atoms with Gasteiger partial charge in [-0.25, -0.2) is 4.79 Å². The monoisotopic (exact) mass is 305 g/mol. The zero-order valence-electron chi connectivity index (χ0n) is 13.6. The highest BCUT2D eigenvalue weighted by Crippen LogP contribution is 2.20. The Labute approximate surface area is 132 Å². The van der Waals surface area contributed by atoms with Crippen LogP contribution in [0.4, 0.5) is 10.5 Å². The molecule has 0 spiro atoms. The van der Waals surface area contributed by atoms with Crippen LogP contribution < -0.4 is 5.32 Å². The number of carbonyl (C=O) groups excluding carboxylic acids is 1. The fourth-order valence-electron chi connectivity index (χ4n) is 2.78. The van der Waals surface area contributed by atoms with Crippen molar-refractivity contribution in [2.45, 2.75) is 26.7 Å². The fraction of sp³-hybridized carbons (Fsp3) is 0.588. The molecule has 122 valence electrons. The third kappa shape index (κ3) is 4.21. The Morgan fingerprint density at radius 1 is 1.18 bits per heavy atom. The first-order valence-corrected chi connectivity index (χ1v) is 8.18. The summed E-state index contributed by atoms with van der Waals surface area (Å²) in [7, 11) is 0. The molecule has 0 saturated carbocycles. The number of urea groups is 1. The van der Waals surface area contributed by atoms with Crippen LogP contribution in [0.2, 0.25) is 0 Å². The molecular formula is C17H27N3O2. The van der Waals surface area contributed by atoms with Crippen molar-refractivity contribution in [3.8, 4) is 0 Å². The van der Waals surface area contributed by atoms with Crippen LogP contribution in [-0.2, 0) is 12.8 Å². The van der Waals surface area contributed by atoms with E-state index in [0.717, 1.165) is 31.6 Å². The Morgan fingerprint density at radius 3 is 2.50 bits per heavy atom. The third-order valence-electron chi connectivity index (χ3n) is 4.28. The lowest BCUT2D eigenvalue weighted by atomic mass is 10.1. The number of hydrogen-bond acceptors (Lipinski definition) is 3. The highest BCUT2D eigenvalue weighted by Gasteiger charge is 2.21. The number of nitrogens with zero attached hydrogens (tertiary/aromatic N) is 2. The predicted octanol–water partition coefficient (Wildman–Crippen LogP) is 1.95. The summed E-state index contributed by atoms with van der Waals surface area (Å²) in [6.07, 6.45) is 1.87. The van der Waals surface area contributed by atoms with E-state index in [4.69, 9.17) is 5.11 Å². The molecule has 1 aromatic carbocycles. The zero-order chi connectivity index (χ0) is 15.9. The second-order valence-corrected chi connectivity index (χ2v) is 5.68. The van der Waals surface area contributed by atoms with Crippen molar-refractivity contribution >= 4 is 11.7 Å². The van der Waals surface area contributed by atoms with Gasteiger partial charge in [0.1, 0.15) is 0 Å². The molecule has 0 bridgehead atoms. The van der Waals surface area contributed by atoms with Gasteiger partial charge in [0.25, 0.3) is 0 Å². The number of rotatable bonds is 5. The highest BCUT2D eigenvalue weighted by atomic mass is 16.3. The van der Waals surface area contributed by atoms with Crippen LogP contribution in [0.15, 0.2) is 18.2 Å². The van der Waals surface area contributed by atoms with E-state index in [1.54, 1.807) is 0 Å². The lowest BCUT2D eigenvalue weighted by Gasteiger charge is -2.34. The topological polar surface area (TPSA) is 55.8 Å². The van der Waals surface area contributed by atoms with Crippen molar-refractivity contribution in [2.75, 3.05) is 44.6 Å². The maximum absolute atomic E-state index is 12.4. The molecule has 5 heteroatoms. The molecule has 2 N–H and O–H groups in total. The van der Waals surface area contributed by atoms with Gasteiger partial charge in [-0.15, -0.1) is 0 Å². The number of aryl methyl sites for hydroxylation is 2. The molecule has 2 rings (SSSR count). The molecule has 1 aromatic rings. The fourth-order valence-corrected chi connectivity index (χ4v) is 2.78. The third-order valence-corrected chi connectivity index (χ3v) is 4.28. The Kier molecular flexibility index (Phi) is 6.21. The van der Waals surface area contributed by atoms with Gasteiger partial charge >= 0.3 is 6.03 Å². The lowest BCUT2D eigenvalue weighted by Crippen LogP contribution is -2.50. The van der Waals surface area contributed by atoms with E-state index in [1.807, 2.05) is 4.90 Å². The summed E-state index contributed by atoms with van der Waals surface area (Å²) in [5.41, 5.74) is 3.34. The maximum atomic E-state index is 12.4. The van der Waals surface area contributed by atoms with Gasteiger partial charge in [-0.2, -0.15) is 0 Å². The number of piperazine rings is 1. The van der Waals surface area contributed by atoms with Crippen LogP contribution in [-0.4, -0.2) is 60.3 Å². The van der Waals surface area contributed by atoms with Gasteiger partial charge in [0.15, 0.2) is 0 Å². The van der Waals surface area contributed by atoms with Crippen molar-refractivity contribution in [1.82, 2.24) is 9.80 Å². The summed E-state index contributed by atoms with van der Waals surface area (Å²) in [4.78, 5) is 16.5. The number of hydrogen-bond donors (Lipinski definition) is 2. The Balaban J connectivity index is 1.97. The van der Waals surface area contributed by atoms with Crippen LogP contribution in [0.5, 0.6) is 0 Å². The van der Waals surface area contributed by atoms with E-state index in [1.165, 1.54) is 11.1 Å². The normalized spacial score (nSPS) is 15.9. The summed E-state index contributed by atoms with van der Waals surface area (Å²) < 4.78 is 0. The van der Waals surface area contributed by atoms with E-state index in [2.05, 4.69) is 42.3 Å². The predicted molar refractivity (Wildman–Crippen MR) is 89.3 cm³/mol. The smallest absolute Gasteiger partial charge is 0.321 e. The van der Waals surface area contributed by atoms with Gasteiger partial charge in [-0.1, -0.05) is 26.0 Å². The average molecular weight is 305 g/mol. The molecule has 0 atom stereocenters. The summed E-state index contributed by atoms with van der Waals surface area (Å²) >= 11 is 0. The number of carbonyl (C=O) groups is 1. The number of β-amino-alcohol motifs (C(OH)–C–C–N with tert-alkyl or cyclic N) is 1. The van der Waals surface area contributed by atoms with Crippen molar-refractivity contribution in [2.24, 2.45) is 0 Å². The first-order chi connectivity index (χ1) is 10.7. The number of anilines is 1. The molecule has 1 heterocycles. The van der Waals surface area contributed by atoms with Crippen molar-refractivity contribution in [3.63, 3.8) is 0 Å². The maximum Gasteiger partial charge on any atom is 0.321 e. The van der Waals surface area contributed by atoms with E-state index in [0.29, 0.717) is 19.6 Å². The molecule has 0 aromatic heterocycles. The molecule has 0 unspecified atom stereocenters. The van der Waals surface area contributed by atoms with Crippen LogP contribution in [0.3, 0.4) is 0 Å². The van der Waals surface area contributed by atoms with Gasteiger partial charge in [-0.05, 0) is 30.0 Å². The summed E-state index contributed by atoms with van der Waals surface area (Å²) in [5.74, 6) is 0. The van der Waals surface area contributed by atoms with Crippen molar-refractivity contribution in [1.29, 1.82) is 0 Å². The van der Waals surface area contributed by atoms with E-state index in [-0.39, 0.29) is 12.6 Å². The highest BCUT2D eigenvalue weighted by molar-refractivity contribution is 5.90. The van der Waals surface area contributed by atoms with Crippen LogP contribution in [0.25, 0.3) is 0 Å². The van der Waals surface area contributed by atoms with Crippen molar-refractivity contribution in [3.05, 3.63) is 29.3 Å². The standard InChI is InChI=1S/C17H27N3O2/c1-3-14-5-6-15(4-2)16(13-14)18-17(22)20-9-7-19(8-10-20)11-12-21/h5-6,13,21H,3-4,7-12H2,1-2H3,(H,18,22). The number of aliphatic hydroxyl groups excluding tert-OH is 1. The Bertz CT molecular complexity index is 497. The van der Waals surface area contributed by atoms with Gasteiger partial charge in [-0.3, -0.25) is 4.90 Å². The number of aliphatic hydroxyl groups is 1. The van der Waals surface area contributed by atoms with Crippen LogP contribution in [0, 0.1) is 0 Å². The first kappa shape index (κ1) is 16.8. The Hall–Kier alpha value is -1.59. The first-order valence-electron chi connectivity index (χ1n) is 8.18. The van der Waals surface area contributed by atoms with E-state index in [9.17, 15) is 4.79 Å². The summed E-state index contributed by atoms with van der Waals surface area (Å²) in [6, 6.07) is 6.29. The lowest BCUT2D eigenvalue weighted by molar-refractivity contribution is 0.127. The van der Waals surface area contributed by atoms with Gasteiger partial charge in [0, 0.05) is 38.4 Å². The van der Waals surface area contributed by atoms with Crippen molar-refractivity contribution < 1.29 is 9.90 Å². The number of nitrogens with one attached hydrogen (secondary N) is 1. The molecule has 5 nitrogen and oxygen atoms in total. The molecule has 0 radical (unpaired) electrons. The Morgan fingerprint density at radius 2 is 1.91 bits per heavy atom. The van der Waals surface area contributed by atoms with Crippen LogP contribution >= 0.6 is 0 Å². The van der Waals surface area contributed by atoms with E-state index >= 15 is 0 Å². The van der Waals surface area contributed by atoms with Gasteiger partial charge in [0.05, 0.1) is 6.61 Å². The summed E-state index contributed by atoms with van der Waals surface area (Å²) in [5, 5.41) is 12.0. The molecule has 2 amide bonds.